The maximum absolute atomic E-state index is 12.3. The van der Waals surface area contributed by atoms with E-state index in [2.05, 4.69) is 5.32 Å². The number of nitrogens with one attached hydrogen (secondary N) is 1. The molecule has 1 aromatic rings. The standard InChI is InChI=1S/C15H22N2O2S/c1-3-12(10-19-2)17-15(18)13(14(16)20)9-11-7-5-4-6-8-11/h4-8,12-13H,3,9-10H2,1-2H3,(H2,16,20)(H,17,18). The molecule has 2 unspecified atom stereocenters. The first-order chi connectivity index (χ1) is 9.58. The second kappa shape index (κ2) is 8.66. The second-order valence-electron chi connectivity index (χ2n) is 4.71. The fourth-order valence-electron chi connectivity index (χ4n) is 1.94. The van der Waals surface area contributed by atoms with Crippen molar-refractivity contribution in [2.45, 2.75) is 25.8 Å². The maximum Gasteiger partial charge on any atom is 0.230 e. The van der Waals surface area contributed by atoms with Gasteiger partial charge in [0, 0.05) is 7.11 Å². The number of ether oxygens (including phenoxy) is 1. The number of rotatable bonds is 8. The van der Waals surface area contributed by atoms with Gasteiger partial charge in [0.15, 0.2) is 0 Å². The van der Waals surface area contributed by atoms with Crippen molar-refractivity contribution in [1.29, 1.82) is 0 Å². The van der Waals surface area contributed by atoms with Crippen molar-refractivity contribution in [1.82, 2.24) is 5.32 Å². The molecule has 0 aliphatic rings. The fraction of sp³-hybridized carbons (Fsp3) is 0.467. The monoisotopic (exact) mass is 294 g/mol. The molecule has 2 atom stereocenters. The number of benzene rings is 1. The van der Waals surface area contributed by atoms with Crippen molar-refractivity contribution < 1.29 is 9.53 Å². The third-order valence-electron chi connectivity index (χ3n) is 3.15. The Morgan fingerprint density at radius 2 is 2.05 bits per heavy atom. The van der Waals surface area contributed by atoms with Gasteiger partial charge in [-0.25, -0.2) is 0 Å². The van der Waals surface area contributed by atoms with Gasteiger partial charge in [-0.3, -0.25) is 4.79 Å². The molecule has 110 valence electrons. The molecule has 0 spiro atoms. The quantitative estimate of drug-likeness (QED) is 0.716. The Morgan fingerprint density at radius 1 is 1.40 bits per heavy atom. The minimum absolute atomic E-state index is 0.0138. The molecule has 0 heterocycles. The van der Waals surface area contributed by atoms with E-state index in [9.17, 15) is 4.79 Å². The molecule has 3 N–H and O–H groups in total. The number of nitrogens with two attached hydrogens (primary N) is 1. The Hall–Kier alpha value is -1.46. The van der Waals surface area contributed by atoms with Gasteiger partial charge in [-0.1, -0.05) is 49.5 Å². The van der Waals surface area contributed by atoms with Crippen molar-refractivity contribution in [3.05, 3.63) is 35.9 Å². The molecule has 0 aliphatic carbocycles. The lowest BCUT2D eigenvalue weighted by Gasteiger charge is -2.21. The summed E-state index contributed by atoms with van der Waals surface area (Å²) in [5.41, 5.74) is 6.76. The zero-order chi connectivity index (χ0) is 15.0. The zero-order valence-corrected chi connectivity index (χ0v) is 12.8. The summed E-state index contributed by atoms with van der Waals surface area (Å²) in [6, 6.07) is 9.72. The highest BCUT2D eigenvalue weighted by molar-refractivity contribution is 7.80. The van der Waals surface area contributed by atoms with E-state index < -0.39 is 5.92 Å². The maximum atomic E-state index is 12.3. The van der Waals surface area contributed by atoms with Gasteiger partial charge in [0.25, 0.3) is 0 Å². The SMILES string of the molecule is CCC(COC)NC(=O)C(Cc1ccccc1)C(N)=S. The van der Waals surface area contributed by atoms with Crippen LogP contribution >= 0.6 is 12.2 Å². The fourth-order valence-corrected chi connectivity index (χ4v) is 2.13. The molecule has 0 fully saturated rings. The Bertz CT molecular complexity index is 437. The van der Waals surface area contributed by atoms with Gasteiger partial charge >= 0.3 is 0 Å². The normalized spacial score (nSPS) is 13.5. The van der Waals surface area contributed by atoms with Crippen LogP contribution in [0.1, 0.15) is 18.9 Å². The lowest BCUT2D eigenvalue weighted by molar-refractivity contribution is -0.124. The highest BCUT2D eigenvalue weighted by Crippen LogP contribution is 2.10. The number of thiocarbonyl (C=S) groups is 1. The van der Waals surface area contributed by atoms with Crippen LogP contribution in [0.2, 0.25) is 0 Å². The van der Waals surface area contributed by atoms with Crippen LogP contribution in [0.15, 0.2) is 30.3 Å². The summed E-state index contributed by atoms with van der Waals surface area (Å²) in [5.74, 6) is -0.622. The third-order valence-corrected chi connectivity index (χ3v) is 3.43. The van der Waals surface area contributed by atoms with E-state index in [0.717, 1.165) is 12.0 Å². The zero-order valence-electron chi connectivity index (χ0n) is 12.0. The molecular formula is C15H22N2O2S. The predicted octanol–water partition coefficient (Wildman–Crippen LogP) is 1.67. The second-order valence-corrected chi connectivity index (χ2v) is 5.19. The van der Waals surface area contributed by atoms with Crippen molar-refractivity contribution in [3.63, 3.8) is 0 Å². The largest absolute Gasteiger partial charge is 0.393 e. The lowest BCUT2D eigenvalue weighted by Crippen LogP contribution is -2.45. The van der Waals surface area contributed by atoms with Crippen LogP contribution < -0.4 is 11.1 Å². The minimum atomic E-state index is -0.488. The smallest absolute Gasteiger partial charge is 0.230 e. The number of hydrogen-bond donors (Lipinski definition) is 2. The van der Waals surface area contributed by atoms with Crippen LogP contribution in [0.5, 0.6) is 0 Å². The summed E-state index contributed by atoms with van der Waals surface area (Å²) in [7, 11) is 1.61. The third kappa shape index (κ3) is 5.27. The molecule has 5 heteroatoms. The first-order valence-corrected chi connectivity index (χ1v) is 7.11. The van der Waals surface area contributed by atoms with Gasteiger partial charge in [0.1, 0.15) is 0 Å². The first kappa shape index (κ1) is 16.6. The van der Waals surface area contributed by atoms with Gasteiger partial charge in [0.05, 0.1) is 23.6 Å². The molecule has 1 aromatic carbocycles. The summed E-state index contributed by atoms with van der Waals surface area (Å²) in [6.07, 6.45) is 1.32. The van der Waals surface area contributed by atoms with Crippen LogP contribution in [0.3, 0.4) is 0 Å². The van der Waals surface area contributed by atoms with Crippen molar-refractivity contribution in [2.75, 3.05) is 13.7 Å². The van der Waals surface area contributed by atoms with Crippen LogP contribution in [0.4, 0.5) is 0 Å². The Morgan fingerprint density at radius 3 is 2.55 bits per heavy atom. The van der Waals surface area contributed by atoms with Crippen molar-refractivity contribution in [2.24, 2.45) is 11.7 Å². The van der Waals surface area contributed by atoms with E-state index in [-0.39, 0.29) is 16.9 Å². The molecule has 0 bridgehead atoms. The molecule has 20 heavy (non-hydrogen) atoms. The van der Waals surface area contributed by atoms with Gasteiger partial charge in [0.2, 0.25) is 5.91 Å². The number of methoxy groups -OCH3 is 1. The molecule has 0 radical (unpaired) electrons. The number of carbonyl (C=O) groups excluding carboxylic acids is 1. The van der Waals surface area contributed by atoms with E-state index >= 15 is 0 Å². The molecular weight excluding hydrogens is 272 g/mol. The van der Waals surface area contributed by atoms with Crippen molar-refractivity contribution in [3.8, 4) is 0 Å². The predicted molar refractivity (Wildman–Crippen MR) is 84.5 cm³/mol. The average molecular weight is 294 g/mol. The van der Waals surface area contributed by atoms with Gasteiger partial charge in [-0.05, 0) is 18.4 Å². The van der Waals surface area contributed by atoms with Gasteiger partial charge in [-0.15, -0.1) is 0 Å². The molecule has 1 amide bonds. The molecule has 0 saturated heterocycles. The number of hydrogen-bond acceptors (Lipinski definition) is 3. The summed E-state index contributed by atoms with van der Waals surface area (Å²) in [6.45, 7) is 2.48. The molecule has 0 saturated carbocycles. The first-order valence-electron chi connectivity index (χ1n) is 6.71. The van der Waals surface area contributed by atoms with E-state index in [0.29, 0.717) is 13.0 Å². The van der Waals surface area contributed by atoms with E-state index in [1.54, 1.807) is 7.11 Å². The molecule has 4 nitrogen and oxygen atoms in total. The highest BCUT2D eigenvalue weighted by atomic mass is 32.1. The minimum Gasteiger partial charge on any atom is -0.393 e. The summed E-state index contributed by atoms with van der Waals surface area (Å²) in [4.78, 5) is 12.5. The van der Waals surface area contributed by atoms with E-state index in [1.165, 1.54) is 0 Å². The molecule has 1 rings (SSSR count). The van der Waals surface area contributed by atoms with Crippen LogP contribution in [0, 0.1) is 5.92 Å². The molecule has 0 aliphatic heterocycles. The van der Waals surface area contributed by atoms with Crippen LogP contribution in [-0.2, 0) is 16.0 Å². The Labute approximate surface area is 125 Å². The topological polar surface area (TPSA) is 64.3 Å². The van der Waals surface area contributed by atoms with Gasteiger partial charge in [-0.2, -0.15) is 0 Å². The number of carbonyl (C=O) groups is 1. The summed E-state index contributed by atoms with van der Waals surface area (Å²) >= 11 is 5.03. The van der Waals surface area contributed by atoms with Crippen LogP contribution in [-0.4, -0.2) is 30.7 Å². The number of amides is 1. The van der Waals surface area contributed by atoms with Gasteiger partial charge < -0.3 is 15.8 Å². The summed E-state index contributed by atoms with van der Waals surface area (Å²) < 4.78 is 5.08. The van der Waals surface area contributed by atoms with Crippen LogP contribution in [0.25, 0.3) is 0 Å². The van der Waals surface area contributed by atoms with E-state index in [4.69, 9.17) is 22.7 Å². The summed E-state index contributed by atoms with van der Waals surface area (Å²) in [5, 5.41) is 2.94. The Balaban J connectivity index is 2.70. The highest BCUT2D eigenvalue weighted by Gasteiger charge is 2.23. The Kier molecular flexibility index (Phi) is 7.18. The lowest BCUT2D eigenvalue weighted by atomic mass is 9.98. The average Bonchev–Trinajstić information content (AvgIpc) is 2.44. The molecule has 0 aromatic heterocycles. The van der Waals surface area contributed by atoms with E-state index in [1.807, 2.05) is 37.3 Å². The van der Waals surface area contributed by atoms with Crippen molar-refractivity contribution >= 4 is 23.1 Å².